The molecule has 7 heteroatoms. The van der Waals surface area contributed by atoms with Crippen LogP contribution in [0, 0.1) is 19.8 Å². The van der Waals surface area contributed by atoms with Crippen molar-refractivity contribution in [2.45, 2.75) is 38.8 Å². The number of aryl methyl sites for hydroxylation is 2. The number of carbonyl (C=O) groups excluding carboxylic acids is 2. The number of fused-ring (bicyclic) bond motifs is 1. The number of benzene rings is 2. The molecule has 2 aromatic carbocycles. The lowest BCUT2D eigenvalue weighted by molar-refractivity contribution is 0.0684. The summed E-state index contributed by atoms with van der Waals surface area (Å²) in [6.07, 6.45) is 1.98. The summed E-state index contributed by atoms with van der Waals surface area (Å²) in [5, 5.41) is 3.92. The van der Waals surface area contributed by atoms with Gasteiger partial charge in [0.15, 0.2) is 0 Å². The van der Waals surface area contributed by atoms with Crippen molar-refractivity contribution < 1.29 is 9.59 Å². The second-order valence-corrected chi connectivity index (χ2v) is 10.8. The monoisotopic (exact) mass is 509 g/mol. The molecule has 2 fully saturated rings. The van der Waals surface area contributed by atoms with E-state index < -0.39 is 0 Å². The summed E-state index contributed by atoms with van der Waals surface area (Å²) in [7, 11) is 0. The van der Waals surface area contributed by atoms with Crippen molar-refractivity contribution in [2.75, 3.05) is 6.54 Å². The minimum Gasteiger partial charge on any atom is -0.350 e. The van der Waals surface area contributed by atoms with Crippen LogP contribution in [0.2, 0.25) is 0 Å². The van der Waals surface area contributed by atoms with Crippen LogP contribution in [-0.2, 0) is 0 Å². The van der Waals surface area contributed by atoms with E-state index in [1.807, 2.05) is 36.1 Å². The molecular weight excluding hydrogens is 486 g/mol. The van der Waals surface area contributed by atoms with E-state index >= 15 is 0 Å². The zero-order valence-electron chi connectivity index (χ0n) is 18.0. The first-order valence-corrected chi connectivity index (χ1v) is 12.4. The summed E-state index contributed by atoms with van der Waals surface area (Å²) < 4.78 is 0.935. The molecule has 1 aliphatic carbocycles. The Morgan fingerprint density at radius 3 is 2.69 bits per heavy atom. The molecule has 0 spiro atoms. The van der Waals surface area contributed by atoms with Gasteiger partial charge in [0.05, 0.1) is 15.9 Å². The molecular formula is C25H24BrN3O2S. The van der Waals surface area contributed by atoms with Gasteiger partial charge in [0.25, 0.3) is 11.8 Å². The van der Waals surface area contributed by atoms with Crippen LogP contribution in [0.25, 0.3) is 10.4 Å². The number of hydrogen-bond donors (Lipinski definition) is 1. The fourth-order valence-corrected chi connectivity index (χ4v) is 5.82. The highest BCUT2D eigenvalue weighted by molar-refractivity contribution is 9.10. The number of aromatic nitrogens is 1. The summed E-state index contributed by atoms with van der Waals surface area (Å²) in [6, 6.07) is 15.8. The van der Waals surface area contributed by atoms with Crippen LogP contribution in [0.4, 0.5) is 0 Å². The predicted molar refractivity (Wildman–Crippen MR) is 130 cm³/mol. The normalized spacial score (nSPS) is 21.3. The fourth-order valence-electron chi connectivity index (χ4n) is 4.65. The molecule has 1 aromatic heterocycles. The lowest BCUT2D eigenvalue weighted by Gasteiger charge is -2.27. The summed E-state index contributed by atoms with van der Waals surface area (Å²) in [5.74, 6) is 0.407. The minimum atomic E-state index is -0.115. The molecule has 5 nitrogen and oxygen atoms in total. The van der Waals surface area contributed by atoms with Crippen molar-refractivity contribution in [3.63, 3.8) is 0 Å². The number of likely N-dealkylation sites (tertiary alicyclic amines) is 1. The van der Waals surface area contributed by atoms with E-state index in [0.717, 1.165) is 38.3 Å². The highest BCUT2D eigenvalue weighted by Gasteiger charge is 2.54. The summed E-state index contributed by atoms with van der Waals surface area (Å²) in [6.45, 7) is 4.45. The van der Waals surface area contributed by atoms with E-state index in [1.165, 1.54) is 0 Å². The van der Waals surface area contributed by atoms with Crippen molar-refractivity contribution in [3.05, 3.63) is 74.8 Å². The van der Waals surface area contributed by atoms with E-state index in [-0.39, 0.29) is 23.9 Å². The van der Waals surface area contributed by atoms with Gasteiger partial charge in [-0.15, -0.1) is 11.3 Å². The van der Waals surface area contributed by atoms with Crippen LogP contribution in [0.15, 0.2) is 53.0 Å². The molecule has 1 N–H and O–H groups in total. The minimum absolute atomic E-state index is 0.00184. The topological polar surface area (TPSA) is 62.3 Å². The van der Waals surface area contributed by atoms with E-state index in [4.69, 9.17) is 0 Å². The van der Waals surface area contributed by atoms with Crippen LogP contribution >= 0.6 is 27.3 Å². The number of halogens is 1. The molecule has 2 amide bonds. The molecule has 3 aromatic rings. The van der Waals surface area contributed by atoms with Gasteiger partial charge >= 0.3 is 0 Å². The van der Waals surface area contributed by atoms with E-state index in [9.17, 15) is 9.59 Å². The average Bonchev–Trinajstić information content (AvgIpc) is 3.26. The third kappa shape index (κ3) is 4.11. The summed E-state index contributed by atoms with van der Waals surface area (Å²) in [4.78, 5) is 33.8. The van der Waals surface area contributed by atoms with Crippen molar-refractivity contribution in [3.8, 4) is 10.4 Å². The molecule has 5 rings (SSSR count). The second-order valence-electron chi connectivity index (χ2n) is 8.66. The standard InChI is InChI=1S/C25H24BrN3O2S/c1-14-4-3-5-17(10-14)23-22(28-15(2)32-23)25(31)29-20(11-18-12-21(18)29)13-27-24(30)16-6-8-19(26)9-7-16/h3-10,18,20-21H,11-13H2,1-2H3,(H,27,30)/t18-,20+,21?/m1/s1. The van der Waals surface area contributed by atoms with Gasteiger partial charge in [-0.2, -0.15) is 0 Å². The number of thiazole rings is 1. The van der Waals surface area contributed by atoms with Crippen LogP contribution in [0.5, 0.6) is 0 Å². The van der Waals surface area contributed by atoms with Crippen LogP contribution in [-0.4, -0.2) is 40.3 Å². The van der Waals surface area contributed by atoms with Crippen molar-refractivity contribution in [1.82, 2.24) is 15.2 Å². The Kier molecular flexibility index (Phi) is 5.63. The number of hydrogen-bond acceptors (Lipinski definition) is 4. The maximum Gasteiger partial charge on any atom is 0.274 e. The summed E-state index contributed by atoms with van der Waals surface area (Å²) in [5.41, 5.74) is 3.34. The zero-order chi connectivity index (χ0) is 22.4. The third-order valence-corrected chi connectivity index (χ3v) is 7.82. The van der Waals surface area contributed by atoms with Gasteiger partial charge in [0.1, 0.15) is 5.69 Å². The first-order valence-electron chi connectivity index (χ1n) is 10.8. The number of amides is 2. The van der Waals surface area contributed by atoms with Gasteiger partial charge in [-0.25, -0.2) is 4.98 Å². The van der Waals surface area contributed by atoms with Crippen LogP contribution in [0.3, 0.4) is 0 Å². The van der Waals surface area contributed by atoms with Gasteiger partial charge in [-0.3, -0.25) is 9.59 Å². The molecule has 1 saturated heterocycles. The van der Waals surface area contributed by atoms with Crippen molar-refractivity contribution >= 4 is 39.1 Å². The Bertz CT molecular complexity index is 1190. The highest BCUT2D eigenvalue weighted by Crippen LogP contribution is 2.48. The molecule has 0 bridgehead atoms. The predicted octanol–water partition coefficient (Wildman–Crippen LogP) is 5.22. The Balaban J connectivity index is 1.35. The quantitative estimate of drug-likeness (QED) is 0.512. The smallest absolute Gasteiger partial charge is 0.274 e. The molecule has 2 aliphatic rings. The third-order valence-electron chi connectivity index (χ3n) is 6.27. The number of piperidine rings is 1. The van der Waals surface area contributed by atoms with Gasteiger partial charge in [-0.05, 0) is 62.4 Å². The largest absolute Gasteiger partial charge is 0.350 e. The highest BCUT2D eigenvalue weighted by atomic mass is 79.9. The van der Waals surface area contributed by atoms with Crippen molar-refractivity contribution in [1.29, 1.82) is 0 Å². The first-order chi connectivity index (χ1) is 15.4. The Morgan fingerprint density at radius 1 is 1.16 bits per heavy atom. The molecule has 164 valence electrons. The molecule has 1 aliphatic heterocycles. The fraction of sp³-hybridized carbons (Fsp3) is 0.320. The number of nitrogens with zero attached hydrogens (tertiary/aromatic N) is 2. The SMILES string of the molecule is Cc1cccc(-c2sc(C)nc2C(=O)N2C3C[C@H]3C[C@H]2CNC(=O)c2ccc(Br)cc2)c1. The van der Waals surface area contributed by atoms with Crippen molar-refractivity contribution in [2.24, 2.45) is 5.92 Å². The van der Waals surface area contributed by atoms with Gasteiger partial charge in [0.2, 0.25) is 0 Å². The number of carbonyl (C=O) groups is 2. The van der Waals surface area contributed by atoms with Crippen LogP contribution < -0.4 is 5.32 Å². The number of rotatable bonds is 5. The molecule has 1 saturated carbocycles. The maximum atomic E-state index is 13.7. The second kappa shape index (κ2) is 8.45. The maximum absolute atomic E-state index is 13.7. The Labute approximate surface area is 200 Å². The lowest BCUT2D eigenvalue weighted by Crippen LogP contribution is -2.45. The van der Waals surface area contributed by atoms with E-state index in [1.54, 1.807) is 23.5 Å². The summed E-state index contributed by atoms with van der Waals surface area (Å²) >= 11 is 4.96. The lowest BCUT2D eigenvalue weighted by atomic mass is 10.1. The first kappa shape index (κ1) is 21.3. The average molecular weight is 510 g/mol. The van der Waals surface area contributed by atoms with Gasteiger partial charge < -0.3 is 10.2 Å². The Morgan fingerprint density at radius 2 is 1.94 bits per heavy atom. The van der Waals surface area contributed by atoms with Gasteiger partial charge in [-0.1, -0.05) is 45.8 Å². The molecule has 1 unspecified atom stereocenters. The van der Waals surface area contributed by atoms with Crippen LogP contribution in [0.1, 0.15) is 44.3 Å². The number of nitrogens with one attached hydrogen (secondary N) is 1. The molecule has 2 heterocycles. The zero-order valence-corrected chi connectivity index (χ0v) is 20.4. The molecule has 0 radical (unpaired) electrons. The molecule has 32 heavy (non-hydrogen) atoms. The van der Waals surface area contributed by atoms with E-state index in [0.29, 0.717) is 23.7 Å². The Hall–Kier alpha value is -2.51. The molecule has 3 atom stereocenters. The van der Waals surface area contributed by atoms with Gasteiger partial charge in [0, 0.05) is 22.6 Å². The van der Waals surface area contributed by atoms with E-state index in [2.05, 4.69) is 45.3 Å².